The molecule has 88 valence electrons. The summed E-state index contributed by atoms with van der Waals surface area (Å²) < 4.78 is 1.04. The van der Waals surface area contributed by atoms with Gasteiger partial charge in [-0.25, -0.2) is 4.79 Å². The molecule has 0 aliphatic carbocycles. The summed E-state index contributed by atoms with van der Waals surface area (Å²) >= 11 is 6.38. The van der Waals surface area contributed by atoms with Crippen LogP contribution in [0.2, 0.25) is 0 Å². The van der Waals surface area contributed by atoms with Crippen molar-refractivity contribution in [3.63, 3.8) is 0 Å². The molecule has 0 fully saturated rings. The predicted molar refractivity (Wildman–Crippen MR) is 75.0 cm³/mol. The summed E-state index contributed by atoms with van der Waals surface area (Å²) in [5, 5.41) is 10.8. The third-order valence-electron chi connectivity index (χ3n) is 2.16. The fourth-order valence-electron chi connectivity index (χ4n) is 1.35. The lowest BCUT2D eigenvalue weighted by Crippen LogP contribution is -1.96. The van der Waals surface area contributed by atoms with Gasteiger partial charge in [-0.15, -0.1) is 23.1 Å². The normalized spacial score (nSPS) is 10.4. The first-order valence-electron chi connectivity index (χ1n) is 4.85. The van der Waals surface area contributed by atoms with E-state index in [-0.39, 0.29) is 0 Å². The molecule has 1 aromatic carbocycles. The van der Waals surface area contributed by atoms with Gasteiger partial charge in [-0.3, -0.25) is 0 Å². The van der Waals surface area contributed by atoms with E-state index in [4.69, 9.17) is 5.11 Å². The molecule has 0 atom stereocenters. The zero-order chi connectivity index (χ0) is 12.3. The van der Waals surface area contributed by atoms with E-state index in [1.807, 2.05) is 35.7 Å². The Morgan fingerprint density at radius 2 is 2.12 bits per heavy atom. The number of thiophene rings is 1. The lowest BCUT2D eigenvalue weighted by molar-refractivity contribution is 0.0701. The van der Waals surface area contributed by atoms with E-state index in [0.29, 0.717) is 10.6 Å². The van der Waals surface area contributed by atoms with Gasteiger partial charge in [0.05, 0.1) is 0 Å². The number of hydrogen-bond acceptors (Lipinski definition) is 3. The zero-order valence-electron chi connectivity index (χ0n) is 8.72. The molecule has 2 nitrogen and oxygen atoms in total. The van der Waals surface area contributed by atoms with Gasteiger partial charge in [0.15, 0.2) is 0 Å². The minimum absolute atomic E-state index is 0.435. The number of carbonyl (C=O) groups is 1. The second kappa shape index (κ2) is 5.71. The van der Waals surface area contributed by atoms with Crippen LogP contribution >= 0.6 is 39.0 Å². The Morgan fingerprint density at radius 1 is 1.35 bits per heavy atom. The summed E-state index contributed by atoms with van der Waals surface area (Å²) in [4.78, 5) is 12.5. The van der Waals surface area contributed by atoms with E-state index < -0.39 is 5.97 Å². The third kappa shape index (κ3) is 3.12. The molecule has 0 saturated heterocycles. The first-order valence-corrected chi connectivity index (χ1v) is 7.51. The number of carboxylic acids is 1. The summed E-state index contributed by atoms with van der Waals surface area (Å²) in [6.07, 6.45) is 0. The second-order valence-corrected chi connectivity index (χ2v) is 6.09. The van der Waals surface area contributed by atoms with Gasteiger partial charge in [0.2, 0.25) is 0 Å². The van der Waals surface area contributed by atoms with Gasteiger partial charge in [0.1, 0.15) is 4.88 Å². The fraction of sp³-hybridized carbons (Fsp3) is 0.0833. The number of rotatable bonds is 4. The monoisotopic (exact) mass is 328 g/mol. The molecule has 5 heteroatoms. The van der Waals surface area contributed by atoms with E-state index in [0.717, 1.165) is 14.9 Å². The molecule has 0 aliphatic heterocycles. The van der Waals surface area contributed by atoms with Gasteiger partial charge < -0.3 is 5.11 Å². The van der Waals surface area contributed by atoms with E-state index in [1.165, 1.54) is 11.3 Å². The van der Waals surface area contributed by atoms with Crippen molar-refractivity contribution in [3.8, 4) is 0 Å². The average Bonchev–Trinajstić information content (AvgIpc) is 2.76. The van der Waals surface area contributed by atoms with Gasteiger partial charge in [0.25, 0.3) is 0 Å². The van der Waals surface area contributed by atoms with Gasteiger partial charge in [-0.2, -0.15) is 0 Å². The van der Waals surface area contributed by atoms with Gasteiger partial charge >= 0.3 is 5.97 Å². The molecule has 2 aromatic rings. The largest absolute Gasteiger partial charge is 0.477 e. The summed E-state index contributed by atoms with van der Waals surface area (Å²) in [6, 6.07) is 9.80. The number of thioether (sulfide) groups is 1. The summed E-state index contributed by atoms with van der Waals surface area (Å²) in [5.41, 5.74) is 0.878. The van der Waals surface area contributed by atoms with E-state index >= 15 is 0 Å². The average molecular weight is 329 g/mol. The molecule has 1 aromatic heterocycles. The van der Waals surface area contributed by atoms with Crippen molar-refractivity contribution in [2.75, 3.05) is 0 Å². The maximum atomic E-state index is 11.0. The molecule has 0 aliphatic rings. The summed E-state index contributed by atoms with van der Waals surface area (Å²) in [6.45, 7) is 0. The predicted octanol–water partition coefficient (Wildman–Crippen LogP) is 4.50. The standard InChI is InChI=1S/C12H9BrO2S2/c13-9-3-1-2-4-10(9)17-7-8-5-6-16-11(8)12(14)15/h1-6H,7H2,(H,14,15). The lowest BCUT2D eigenvalue weighted by atomic mass is 10.3. The van der Waals surface area contributed by atoms with Crippen molar-refractivity contribution in [1.82, 2.24) is 0 Å². The molecule has 17 heavy (non-hydrogen) atoms. The van der Waals surface area contributed by atoms with Crippen molar-refractivity contribution in [2.45, 2.75) is 10.6 Å². The zero-order valence-corrected chi connectivity index (χ0v) is 11.9. The van der Waals surface area contributed by atoms with Crippen molar-refractivity contribution in [3.05, 3.63) is 50.6 Å². The highest BCUT2D eigenvalue weighted by Crippen LogP contribution is 2.31. The molecular weight excluding hydrogens is 320 g/mol. The topological polar surface area (TPSA) is 37.3 Å². The quantitative estimate of drug-likeness (QED) is 0.839. The first kappa shape index (κ1) is 12.7. The van der Waals surface area contributed by atoms with Crippen LogP contribution in [-0.4, -0.2) is 11.1 Å². The number of hydrogen-bond donors (Lipinski definition) is 1. The van der Waals surface area contributed by atoms with Crippen molar-refractivity contribution >= 4 is 45.0 Å². The molecule has 0 unspecified atom stereocenters. The molecule has 0 saturated carbocycles. The molecule has 0 spiro atoms. The van der Waals surface area contributed by atoms with Crippen LogP contribution in [-0.2, 0) is 5.75 Å². The number of carboxylic acid groups (broad SMARTS) is 1. The SMILES string of the molecule is O=C(O)c1sccc1CSc1ccccc1Br. The molecule has 1 N–H and O–H groups in total. The van der Waals surface area contributed by atoms with Crippen molar-refractivity contribution in [1.29, 1.82) is 0 Å². The summed E-state index contributed by atoms with van der Waals surface area (Å²) in [5.74, 6) is -0.170. The Bertz CT molecular complexity index is 537. The van der Waals surface area contributed by atoms with Crippen LogP contribution in [0.3, 0.4) is 0 Å². The lowest BCUT2D eigenvalue weighted by Gasteiger charge is -2.03. The molecule has 2 rings (SSSR count). The minimum atomic E-state index is -0.845. The van der Waals surface area contributed by atoms with Crippen LogP contribution in [0.4, 0.5) is 0 Å². The van der Waals surface area contributed by atoms with Crippen LogP contribution < -0.4 is 0 Å². The Hall–Kier alpha value is -0.780. The Morgan fingerprint density at radius 3 is 2.82 bits per heavy atom. The fourth-order valence-corrected chi connectivity index (χ4v) is 3.77. The second-order valence-electron chi connectivity index (χ2n) is 3.30. The van der Waals surface area contributed by atoms with Crippen LogP contribution in [0.1, 0.15) is 15.2 Å². The van der Waals surface area contributed by atoms with E-state index in [2.05, 4.69) is 15.9 Å². The maximum Gasteiger partial charge on any atom is 0.346 e. The Kier molecular flexibility index (Phi) is 4.25. The highest BCUT2D eigenvalue weighted by molar-refractivity contribution is 9.10. The van der Waals surface area contributed by atoms with Crippen molar-refractivity contribution in [2.24, 2.45) is 0 Å². The highest BCUT2D eigenvalue weighted by atomic mass is 79.9. The first-order chi connectivity index (χ1) is 8.18. The van der Waals surface area contributed by atoms with Crippen molar-refractivity contribution < 1.29 is 9.90 Å². The maximum absolute atomic E-state index is 11.0. The number of benzene rings is 1. The number of halogens is 1. The Labute approximate surface area is 116 Å². The van der Waals surface area contributed by atoms with Gasteiger partial charge in [0, 0.05) is 15.1 Å². The molecule has 0 bridgehead atoms. The third-order valence-corrected chi connectivity index (χ3v) is 5.18. The molecule has 0 radical (unpaired) electrons. The van der Waals surface area contributed by atoms with Crippen LogP contribution in [0, 0.1) is 0 Å². The molecule has 0 amide bonds. The minimum Gasteiger partial charge on any atom is -0.477 e. The van der Waals surface area contributed by atoms with E-state index in [9.17, 15) is 4.79 Å². The molecule has 1 heterocycles. The number of aromatic carboxylic acids is 1. The van der Waals surface area contributed by atoms with Crippen LogP contribution in [0.25, 0.3) is 0 Å². The summed E-state index contributed by atoms with van der Waals surface area (Å²) in [7, 11) is 0. The smallest absolute Gasteiger partial charge is 0.346 e. The van der Waals surface area contributed by atoms with Gasteiger partial charge in [-0.05, 0) is 45.1 Å². The van der Waals surface area contributed by atoms with Gasteiger partial charge in [-0.1, -0.05) is 12.1 Å². The highest BCUT2D eigenvalue weighted by Gasteiger charge is 2.11. The van der Waals surface area contributed by atoms with Crippen LogP contribution in [0.15, 0.2) is 45.1 Å². The van der Waals surface area contributed by atoms with E-state index in [1.54, 1.807) is 11.8 Å². The molecular formula is C12H9BrO2S2. The van der Waals surface area contributed by atoms with Crippen LogP contribution in [0.5, 0.6) is 0 Å². The Balaban J connectivity index is 2.10.